The van der Waals surface area contributed by atoms with Crippen LogP contribution < -0.4 is 72.0 Å². The fraction of sp³-hybridized carbons (Fsp3) is 0.462. The standard InChI is InChI=1S/C52H77N19O8/c53-19-7-5-13-35(55)44(72)66-39(17-9-21-61-51(56)57)46(74)67-38(16-6-8-20-54)45(73)68-40(18-10-22-62-52(58)59)47(75)69-41(23-30-26-63-36-14-3-1-11-33(30)36)48(76)70-42(25-32-28-60-29-65-32)49(77)71-43(50(78)79)24-31-27-64-37-15-4-2-12-34(31)37/h1-4,11-12,14-15,26-29,35,38-43,63-64H,5-10,13,16-25,53-55H2,(H,60,65)(H,66,72)(H,67,74)(H,68,73)(H,69,75)(H,70,76)(H,71,77)(H,78,79)(H4,56,57,61)(H4,58,59,62)/t35-,38-,39-,40-,41-,42-,43-/m0/s1. The van der Waals surface area contributed by atoms with Crippen LogP contribution in [0.15, 0.2) is 83.4 Å². The Hall–Kier alpha value is -8.56. The number of carboxylic acid groups (broad SMARTS) is 1. The predicted octanol–water partition coefficient (Wildman–Crippen LogP) is -1.91. The third-order valence-corrected chi connectivity index (χ3v) is 13.1. The van der Waals surface area contributed by atoms with E-state index in [1.807, 2.05) is 42.5 Å². The number of hydrogen-bond acceptors (Lipinski definition) is 13. The van der Waals surface area contributed by atoms with Crippen LogP contribution in [0.5, 0.6) is 0 Å². The lowest BCUT2D eigenvalue weighted by Gasteiger charge is -2.28. The van der Waals surface area contributed by atoms with Gasteiger partial charge in [0.1, 0.15) is 36.3 Å². The van der Waals surface area contributed by atoms with Gasteiger partial charge in [0.15, 0.2) is 11.9 Å². The first kappa shape index (κ1) is 61.3. The van der Waals surface area contributed by atoms with Gasteiger partial charge in [-0.05, 0) is 94.1 Å². The van der Waals surface area contributed by atoms with Crippen LogP contribution in [0.1, 0.15) is 81.0 Å². The van der Waals surface area contributed by atoms with Crippen molar-refractivity contribution < 1.29 is 38.7 Å². The van der Waals surface area contributed by atoms with E-state index >= 15 is 0 Å². The van der Waals surface area contributed by atoms with Crippen LogP contribution in [-0.2, 0) is 52.8 Å². The average Bonchev–Trinajstić information content (AvgIpc) is 4.22. The summed E-state index contributed by atoms with van der Waals surface area (Å²) in [6.45, 7) is 0.878. The van der Waals surface area contributed by atoms with Gasteiger partial charge in [0, 0.05) is 78.4 Å². The Morgan fingerprint density at radius 3 is 1.37 bits per heavy atom. The van der Waals surface area contributed by atoms with Gasteiger partial charge < -0.3 is 92.1 Å². The van der Waals surface area contributed by atoms with Crippen molar-refractivity contribution in [2.75, 3.05) is 26.2 Å². The van der Waals surface area contributed by atoms with E-state index in [2.05, 4.69) is 61.8 Å². The van der Waals surface area contributed by atoms with Crippen LogP contribution in [0.25, 0.3) is 21.8 Å². The number of fused-ring (bicyclic) bond motifs is 2. The molecule has 5 rings (SSSR count). The summed E-state index contributed by atoms with van der Waals surface area (Å²) in [5.74, 6) is -6.25. The number of rotatable bonds is 35. The highest BCUT2D eigenvalue weighted by Crippen LogP contribution is 2.21. The number of carbonyl (C=O) groups excluding carboxylic acids is 6. The zero-order valence-corrected chi connectivity index (χ0v) is 44.2. The van der Waals surface area contributed by atoms with Gasteiger partial charge in [-0.3, -0.25) is 38.8 Å². The minimum Gasteiger partial charge on any atom is -0.480 e. The molecule has 0 aliphatic rings. The molecule has 0 radical (unpaired) electrons. The first-order valence-corrected chi connectivity index (χ1v) is 26.4. The minimum atomic E-state index is -1.42. The second-order valence-electron chi connectivity index (χ2n) is 19.2. The van der Waals surface area contributed by atoms with E-state index in [9.17, 15) is 38.7 Å². The number of aliphatic imine (C=N–C) groups is 2. The number of aromatic amines is 3. The molecule has 0 aliphatic carbocycles. The number of unbranched alkanes of at least 4 members (excludes halogenated alkanes) is 2. The fourth-order valence-corrected chi connectivity index (χ4v) is 8.86. The molecule has 2 aromatic carbocycles. The summed E-state index contributed by atoms with van der Waals surface area (Å²) in [5.41, 5.74) is 43.1. The molecule has 79 heavy (non-hydrogen) atoms. The largest absolute Gasteiger partial charge is 0.480 e. The van der Waals surface area contributed by atoms with E-state index in [-0.39, 0.29) is 82.9 Å². The topological polar surface area (TPSA) is 479 Å². The molecular formula is C52H77N19O8. The third-order valence-electron chi connectivity index (χ3n) is 13.1. The van der Waals surface area contributed by atoms with Crippen LogP contribution in [0, 0.1) is 0 Å². The van der Waals surface area contributed by atoms with Crippen molar-refractivity contribution in [3.8, 4) is 0 Å². The molecule has 0 spiro atoms. The number of imidazole rings is 1. The molecule has 6 amide bonds. The number of guanidine groups is 2. The molecule has 428 valence electrons. The molecule has 0 aliphatic heterocycles. The van der Waals surface area contributed by atoms with E-state index < -0.39 is 83.7 Å². The highest BCUT2D eigenvalue weighted by Gasteiger charge is 2.35. The Kier molecular flexibility index (Phi) is 24.5. The number of benzene rings is 2. The number of aliphatic carboxylic acids is 1. The molecule has 0 bridgehead atoms. The van der Waals surface area contributed by atoms with Gasteiger partial charge in [-0.2, -0.15) is 0 Å². The Balaban J connectivity index is 1.43. The van der Waals surface area contributed by atoms with Crippen LogP contribution in [-0.4, -0.2) is 147 Å². The quantitative estimate of drug-likeness (QED) is 0.0120. The summed E-state index contributed by atoms with van der Waals surface area (Å²) < 4.78 is 0. The van der Waals surface area contributed by atoms with Crippen LogP contribution in [0.4, 0.5) is 0 Å². The highest BCUT2D eigenvalue weighted by atomic mass is 16.4. The predicted molar refractivity (Wildman–Crippen MR) is 299 cm³/mol. The molecule has 0 saturated heterocycles. The fourth-order valence-electron chi connectivity index (χ4n) is 8.86. The Morgan fingerprint density at radius 1 is 0.506 bits per heavy atom. The molecule has 3 heterocycles. The lowest BCUT2D eigenvalue weighted by Crippen LogP contribution is -2.60. The Bertz CT molecular complexity index is 2840. The van der Waals surface area contributed by atoms with Gasteiger partial charge in [-0.25, -0.2) is 9.78 Å². The molecule has 0 unspecified atom stereocenters. The van der Waals surface area contributed by atoms with Crippen molar-refractivity contribution in [3.63, 3.8) is 0 Å². The number of amides is 6. The van der Waals surface area contributed by atoms with Crippen molar-refractivity contribution in [2.24, 2.45) is 50.1 Å². The molecule has 0 saturated carbocycles. The number of nitrogens with one attached hydrogen (secondary N) is 9. The normalized spacial score (nSPS) is 13.9. The SMILES string of the molecule is NCCCC[C@H](NC(=O)[C@H](CCCN=C(N)N)NC(=O)[C@@H](N)CCCCN)C(=O)N[C@@H](CCCN=C(N)N)C(=O)N[C@@H](Cc1c[nH]c2ccccc12)C(=O)N[C@@H](Cc1cnc[nH]1)C(=O)N[C@@H](Cc1c[nH]c2ccccc12)C(=O)O. The average molecular weight is 1100 g/mol. The molecule has 0 fully saturated rings. The van der Waals surface area contributed by atoms with Gasteiger partial charge in [0.2, 0.25) is 35.4 Å². The summed E-state index contributed by atoms with van der Waals surface area (Å²) in [6.07, 6.45) is 8.69. The maximum absolute atomic E-state index is 14.8. The van der Waals surface area contributed by atoms with E-state index in [0.717, 1.165) is 21.8 Å². The van der Waals surface area contributed by atoms with Crippen molar-refractivity contribution >= 4 is 75.1 Å². The monoisotopic (exact) mass is 1100 g/mol. The summed E-state index contributed by atoms with van der Waals surface area (Å²) in [5, 5.41) is 28.3. The number of hydrogen-bond donors (Lipinski definition) is 17. The van der Waals surface area contributed by atoms with Crippen molar-refractivity contribution in [1.29, 1.82) is 0 Å². The first-order valence-electron chi connectivity index (χ1n) is 26.4. The molecule has 24 N–H and O–H groups in total. The summed E-state index contributed by atoms with van der Waals surface area (Å²) in [7, 11) is 0. The number of carbonyl (C=O) groups is 7. The van der Waals surface area contributed by atoms with E-state index in [1.54, 1.807) is 18.5 Å². The Morgan fingerprint density at radius 2 is 0.911 bits per heavy atom. The van der Waals surface area contributed by atoms with E-state index in [4.69, 9.17) is 40.1 Å². The lowest BCUT2D eigenvalue weighted by atomic mass is 10.0. The van der Waals surface area contributed by atoms with Crippen LogP contribution >= 0.6 is 0 Å². The zero-order valence-electron chi connectivity index (χ0n) is 44.2. The summed E-state index contributed by atoms with van der Waals surface area (Å²) in [6, 6.07) is 5.59. The maximum Gasteiger partial charge on any atom is 0.326 e. The Labute approximate surface area is 456 Å². The van der Waals surface area contributed by atoms with Gasteiger partial charge in [-0.1, -0.05) is 42.8 Å². The number of aromatic nitrogens is 4. The summed E-state index contributed by atoms with van der Waals surface area (Å²) >= 11 is 0. The smallest absolute Gasteiger partial charge is 0.326 e. The minimum absolute atomic E-state index is 0.0511. The maximum atomic E-state index is 14.8. The number of para-hydroxylation sites is 2. The van der Waals surface area contributed by atoms with Crippen molar-refractivity contribution in [1.82, 2.24) is 51.8 Å². The molecule has 27 heteroatoms. The van der Waals surface area contributed by atoms with Crippen molar-refractivity contribution in [3.05, 3.63) is 90.3 Å². The van der Waals surface area contributed by atoms with Crippen molar-refractivity contribution in [2.45, 2.75) is 126 Å². The molecule has 3 aromatic heterocycles. The lowest BCUT2D eigenvalue weighted by molar-refractivity contribution is -0.142. The third kappa shape index (κ3) is 19.8. The number of nitrogens with zero attached hydrogens (tertiary/aromatic N) is 3. The molecule has 27 nitrogen and oxygen atoms in total. The van der Waals surface area contributed by atoms with Gasteiger partial charge in [-0.15, -0.1) is 0 Å². The molecular weight excluding hydrogens is 1020 g/mol. The molecule has 7 atom stereocenters. The van der Waals surface area contributed by atoms with Crippen LogP contribution in [0.2, 0.25) is 0 Å². The van der Waals surface area contributed by atoms with Crippen LogP contribution in [0.3, 0.4) is 0 Å². The zero-order chi connectivity index (χ0) is 57.3. The highest BCUT2D eigenvalue weighted by molar-refractivity contribution is 5.98. The number of nitrogens with two attached hydrogens (primary N) is 7. The number of carboxylic acids is 1. The second kappa shape index (κ2) is 31.6. The van der Waals surface area contributed by atoms with E-state index in [1.165, 1.54) is 12.5 Å². The van der Waals surface area contributed by atoms with E-state index in [0.29, 0.717) is 55.5 Å². The van der Waals surface area contributed by atoms with Gasteiger partial charge in [0.25, 0.3) is 0 Å². The second-order valence-corrected chi connectivity index (χ2v) is 19.2. The molecule has 5 aromatic rings. The first-order chi connectivity index (χ1) is 38.0. The summed E-state index contributed by atoms with van der Waals surface area (Å²) in [4.78, 5) is 120. The number of H-pyrrole nitrogens is 3. The van der Waals surface area contributed by atoms with Gasteiger partial charge in [0.05, 0.1) is 12.4 Å². The van der Waals surface area contributed by atoms with Gasteiger partial charge >= 0.3 is 5.97 Å².